The Bertz CT molecular complexity index is 725. The normalized spacial score (nSPS) is 12.3. The molecule has 0 saturated carbocycles. The van der Waals surface area contributed by atoms with E-state index in [0.717, 1.165) is 35.7 Å². The molecule has 2 rings (SSSR count). The number of benzene rings is 1. The third-order valence-electron chi connectivity index (χ3n) is 3.59. The predicted molar refractivity (Wildman–Crippen MR) is 99.5 cm³/mol. The molecule has 0 atom stereocenters. The number of aromatic nitrogens is 1. The first-order valence-corrected chi connectivity index (χ1v) is 9.42. The Hall–Kier alpha value is -2.09. The van der Waals surface area contributed by atoms with Crippen molar-refractivity contribution < 1.29 is 13.2 Å². The quantitative estimate of drug-likeness (QED) is 0.560. The van der Waals surface area contributed by atoms with Gasteiger partial charge in [-0.15, -0.1) is 11.3 Å². The van der Waals surface area contributed by atoms with Crippen LogP contribution >= 0.6 is 11.3 Å². The van der Waals surface area contributed by atoms with Gasteiger partial charge in [0.1, 0.15) is 0 Å². The third-order valence-corrected chi connectivity index (χ3v) is 4.64. The fourth-order valence-electron chi connectivity index (χ4n) is 2.29. The summed E-state index contributed by atoms with van der Waals surface area (Å²) >= 11 is 1.65. The van der Waals surface area contributed by atoms with Gasteiger partial charge < -0.3 is 10.6 Å². The summed E-state index contributed by atoms with van der Waals surface area (Å²) in [4.78, 5) is 8.88. The number of aliphatic imine (C=N–C) groups is 1. The summed E-state index contributed by atoms with van der Waals surface area (Å²) < 4.78 is 38.3. The number of halogens is 3. The van der Waals surface area contributed by atoms with Gasteiger partial charge in [0.25, 0.3) is 0 Å². The molecule has 0 spiro atoms. The van der Waals surface area contributed by atoms with Crippen molar-refractivity contribution in [1.82, 2.24) is 15.6 Å². The minimum Gasteiger partial charge on any atom is -0.357 e. The number of hydrogen-bond acceptors (Lipinski definition) is 3. The van der Waals surface area contributed by atoms with Crippen LogP contribution in [0.3, 0.4) is 0 Å². The molecule has 0 saturated heterocycles. The number of aryl methyl sites for hydroxylation is 1. The smallest absolute Gasteiger partial charge is 0.357 e. The van der Waals surface area contributed by atoms with Crippen molar-refractivity contribution in [2.75, 3.05) is 13.1 Å². The van der Waals surface area contributed by atoms with Crippen molar-refractivity contribution in [2.45, 2.75) is 39.4 Å². The molecule has 0 aliphatic carbocycles. The molecular weight excluding hydrogens is 361 g/mol. The van der Waals surface area contributed by atoms with Crippen LogP contribution in [0.15, 0.2) is 34.6 Å². The van der Waals surface area contributed by atoms with E-state index in [1.54, 1.807) is 17.4 Å². The molecule has 1 aromatic carbocycles. The average molecular weight is 384 g/mol. The van der Waals surface area contributed by atoms with Crippen LogP contribution in [0.4, 0.5) is 13.2 Å². The van der Waals surface area contributed by atoms with Crippen LogP contribution in [0.1, 0.15) is 35.7 Å². The van der Waals surface area contributed by atoms with Gasteiger partial charge in [0.15, 0.2) is 5.96 Å². The highest BCUT2D eigenvalue weighted by atomic mass is 32.1. The van der Waals surface area contributed by atoms with Gasteiger partial charge in [0.05, 0.1) is 22.8 Å². The van der Waals surface area contributed by atoms with E-state index in [1.807, 2.05) is 12.3 Å². The van der Waals surface area contributed by atoms with Gasteiger partial charge in [0, 0.05) is 24.9 Å². The molecule has 4 nitrogen and oxygen atoms in total. The molecule has 0 bridgehead atoms. The molecule has 0 unspecified atom stereocenters. The summed E-state index contributed by atoms with van der Waals surface area (Å²) in [6, 6.07) is 5.25. The lowest BCUT2D eigenvalue weighted by Gasteiger charge is -2.11. The number of alkyl halides is 3. The first-order valence-electron chi connectivity index (χ1n) is 8.54. The van der Waals surface area contributed by atoms with Crippen molar-refractivity contribution in [3.05, 3.63) is 51.5 Å². The summed E-state index contributed by atoms with van der Waals surface area (Å²) in [7, 11) is 0. The highest BCUT2D eigenvalue weighted by Crippen LogP contribution is 2.29. The number of guanidine groups is 1. The Kier molecular flexibility index (Phi) is 7.44. The fourth-order valence-corrected chi connectivity index (χ4v) is 3.07. The lowest BCUT2D eigenvalue weighted by Crippen LogP contribution is -2.38. The zero-order valence-corrected chi connectivity index (χ0v) is 15.7. The van der Waals surface area contributed by atoms with Crippen LogP contribution in [-0.2, 0) is 25.6 Å². The maximum Gasteiger partial charge on any atom is 0.416 e. The average Bonchev–Trinajstić information content (AvgIpc) is 3.07. The minimum atomic E-state index is -4.34. The van der Waals surface area contributed by atoms with E-state index < -0.39 is 11.7 Å². The second kappa shape index (κ2) is 9.56. The van der Waals surface area contributed by atoms with Crippen molar-refractivity contribution in [2.24, 2.45) is 4.99 Å². The van der Waals surface area contributed by atoms with Crippen LogP contribution in [-0.4, -0.2) is 24.0 Å². The Morgan fingerprint density at radius 2 is 2.04 bits per heavy atom. The largest absolute Gasteiger partial charge is 0.416 e. The van der Waals surface area contributed by atoms with Crippen molar-refractivity contribution in [3.8, 4) is 0 Å². The predicted octanol–water partition coefficient (Wildman–Crippen LogP) is 4.02. The van der Waals surface area contributed by atoms with E-state index in [2.05, 4.69) is 27.5 Å². The Morgan fingerprint density at radius 3 is 2.69 bits per heavy atom. The maximum atomic E-state index is 12.8. The van der Waals surface area contributed by atoms with E-state index in [0.29, 0.717) is 24.6 Å². The molecule has 8 heteroatoms. The maximum absolute atomic E-state index is 12.8. The summed E-state index contributed by atoms with van der Waals surface area (Å²) in [5, 5.41) is 9.46. The lowest BCUT2D eigenvalue weighted by atomic mass is 10.1. The van der Waals surface area contributed by atoms with Gasteiger partial charge in [-0.2, -0.15) is 13.2 Å². The second-order valence-electron chi connectivity index (χ2n) is 5.66. The molecule has 26 heavy (non-hydrogen) atoms. The van der Waals surface area contributed by atoms with Gasteiger partial charge in [0.2, 0.25) is 0 Å². The monoisotopic (exact) mass is 384 g/mol. The number of rotatable bonds is 7. The topological polar surface area (TPSA) is 49.3 Å². The van der Waals surface area contributed by atoms with E-state index in [9.17, 15) is 13.2 Å². The summed E-state index contributed by atoms with van der Waals surface area (Å²) in [5.41, 5.74) is 0.899. The molecule has 0 aliphatic rings. The van der Waals surface area contributed by atoms with Gasteiger partial charge >= 0.3 is 6.18 Å². The number of thiazole rings is 1. The summed E-state index contributed by atoms with van der Waals surface area (Å²) in [5.74, 6) is 0.579. The number of hydrogen-bond donors (Lipinski definition) is 2. The van der Waals surface area contributed by atoms with Crippen LogP contribution in [0.5, 0.6) is 0 Å². The van der Waals surface area contributed by atoms with Crippen LogP contribution in [0.25, 0.3) is 0 Å². The molecule has 1 aromatic heterocycles. The van der Waals surface area contributed by atoms with Gasteiger partial charge in [-0.05, 0) is 31.0 Å². The Balaban J connectivity index is 1.93. The second-order valence-corrected chi connectivity index (χ2v) is 6.60. The zero-order valence-electron chi connectivity index (χ0n) is 14.9. The Morgan fingerprint density at radius 1 is 1.23 bits per heavy atom. The van der Waals surface area contributed by atoms with E-state index in [-0.39, 0.29) is 6.54 Å². The van der Waals surface area contributed by atoms with Crippen molar-refractivity contribution >= 4 is 17.3 Å². The standard InChI is InChI=1S/C18H23F3N4S/c1-3-16-25-15(12-26-16)8-9-23-17(22-4-2)24-11-13-6-5-7-14(10-13)18(19,20)21/h5-7,10,12H,3-4,8-9,11H2,1-2H3,(H2,22,23,24). The lowest BCUT2D eigenvalue weighted by molar-refractivity contribution is -0.137. The summed E-state index contributed by atoms with van der Waals surface area (Å²) in [6.45, 7) is 5.52. The third kappa shape index (κ3) is 6.33. The molecule has 0 amide bonds. The number of nitrogens with zero attached hydrogens (tertiary/aromatic N) is 2. The van der Waals surface area contributed by atoms with Crippen molar-refractivity contribution in [1.29, 1.82) is 0 Å². The number of nitrogens with one attached hydrogen (secondary N) is 2. The molecule has 2 aromatic rings. The van der Waals surface area contributed by atoms with Gasteiger partial charge in [-0.1, -0.05) is 19.1 Å². The molecule has 0 radical (unpaired) electrons. The van der Waals surface area contributed by atoms with E-state index in [1.165, 1.54) is 6.07 Å². The molecule has 2 N–H and O–H groups in total. The van der Waals surface area contributed by atoms with Crippen LogP contribution in [0.2, 0.25) is 0 Å². The molecular formula is C18H23F3N4S. The van der Waals surface area contributed by atoms with Crippen LogP contribution < -0.4 is 10.6 Å². The molecule has 0 aliphatic heterocycles. The van der Waals surface area contributed by atoms with Crippen molar-refractivity contribution in [3.63, 3.8) is 0 Å². The van der Waals surface area contributed by atoms with E-state index in [4.69, 9.17) is 0 Å². The van der Waals surface area contributed by atoms with Crippen LogP contribution in [0, 0.1) is 0 Å². The summed E-state index contributed by atoms with van der Waals surface area (Å²) in [6.07, 6.45) is -2.64. The van der Waals surface area contributed by atoms with E-state index >= 15 is 0 Å². The first-order chi connectivity index (χ1) is 12.4. The Labute approximate surface area is 155 Å². The molecule has 0 fully saturated rings. The fraction of sp³-hybridized carbons (Fsp3) is 0.444. The first kappa shape index (κ1) is 20.2. The van der Waals surface area contributed by atoms with Gasteiger partial charge in [-0.3, -0.25) is 0 Å². The minimum absolute atomic E-state index is 0.177. The highest BCUT2D eigenvalue weighted by molar-refractivity contribution is 7.09. The molecule has 1 heterocycles. The zero-order chi connectivity index (χ0) is 19.0. The van der Waals surface area contributed by atoms with Gasteiger partial charge in [-0.25, -0.2) is 9.98 Å². The highest BCUT2D eigenvalue weighted by Gasteiger charge is 2.30. The SMILES string of the molecule is CCNC(=NCc1cccc(C(F)(F)F)c1)NCCc1csc(CC)n1. The molecule has 142 valence electrons.